The summed E-state index contributed by atoms with van der Waals surface area (Å²) in [5, 5.41) is 0. The van der Waals surface area contributed by atoms with E-state index in [4.69, 9.17) is 23.7 Å². The fourth-order valence-electron chi connectivity index (χ4n) is 19.7. The van der Waals surface area contributed by atoms with Crippen LogP contribution in [0.25, 0.3) is 0 Å². The van der Waals surface area contributed by atoms with Gasteiger partial charge in [0.1, 0.15) is 28.0 Å². The Morgan fingerprint density at radius 2 is 0.765 bits per heavy atom. The predicted molar refractivity (Wildman–Crippen MR) is 418 cm³/mol. The van der Waals surface area contributed by atoms with E-state index in [0.717, 1.165) is 99.7 Å². The van der Waals surface area contributed by atoms with Gasteiger partial charge < -0.3 is 23.7 Å². The molecule has 11 rings (SSSR count). The second kappa shape index (κ2) is 35.9. The van der Waals surface area contributed by atoms with Crippen LogP contribution in [-0.4, -0.2) is 57.9 Å². The minimum atomic E-state index is -0.378. The minimum absolute atomic E-state index is 0. The molecule has 11 fully saturated rings. The lowest BCUT2D eigenvalue weighted by atomic mass is 9.61. The summed E-state index contributed by atoms with van der Waals surface area (Å²) in [6.07, 6.45) is 34.3. The number of hydrogen-bond acceptors (Lipinski definition) is 10. The van der Waals surface area contributed by atoms with Crippen molar-refractivity contribution in [2.75, 3.05) is 0 Å². The molecule has 10 heteroatoms. The van der Waals surface area contributed by atoms with Crippen LogP contribution in [0.1, 0.15) is 405 Å². The average molecular weight is 1390 g/mol. The molecule has 0 radical (unpaired) electrons. The lowest BCUT2D eigenvalue weighted by molar-refractivity contribution is -0.202. The summed E-state index contributed by atoms with van der Waals surface area (Å²) in [6.45, 7) is 48.0. The van der Waals surface area contributed by atoms with Crippen molar-refractivity contribution in [3.8, 4) is 0 Å². The molecule has 0 aromatic rings. The first-order valence-electron chi connectivity index (χ1n) is 37.7. The van der Waals surface area contributed by atoms with E-state index in [2.05, 4.69) is 83.1 Å². The number of rotatable bonds is 16. The van der Waals surface area contributed by atoms with E-state index in [9.17, 15) is 24.0 Å². The summed E-state index contributed by atoms with van der Waals surface area (Å²) in [4.78, 5) is 61.7. The van der Waals surface area contributed by atoms with Crippen molar-refractivity contribution in [3.05, 3.63) is 0 Å². The molecule has 0 aliphatic heterocycles. The quantitative estimate of drug-likeness (QED) is 0.109. The molecular formula is C88H170O10. The SMILES string of the molecule is C.C.C.C.C.C.C.C.CCC(C)(C)C(=O)OC1(C)C2(C)CCC(C2)C1(C)C.CCC(C)(C)C(=O)OC1(C)CC2CC1C1CCCC21.CCC(C)(C)C(=O)OC1(C)CC2CCC1C2.CCC(C)(C)C(=O)OC1(C)CCCC2CCCCC21.CCC(C)(C)C(=O)OC1(CC)CC2CCC1C2. The molecule has 0 saturated heterocycles. The van der Waals surface area contributed by atoms with Gasteiger partial charge in [-0.25, -0.2) is 0 Å². The molecule has 17 unspecified atom stereocenters. The fourth-order valence-corrected chi connectivity index (χ4v) is 19.7. The Labute approximate surface area is 610 Å². The number of carbonyl (C=O) groups excluding carboxylic acids is 5. The van der Waals surface area contributed by atoms with Gasteiger partial charge in [-0.15, -0.1) is 0 Å². The Kier molecular flexibility index (Phi) is 35.7. The zero-order valence-corrected chi connectivity index (χ0v) is 62.4. The molecule has 0 aromatic carbocycles. The van der Waals surface area contributed by atoms with Crippen molar-refractivity contribution in [1.29, 1.82) is 0 Å². The molecule has 0 amide bonds. The van der Waals surface area contributed by atoms with Crippen LogP contribution in [0.4, 0.5) is 0 Å². The summed E-state index contributed by atoms with van der Waals surface area (Å²) in [5.41, 5.74) is -2.45. The highest BCUT2D eigenvalue weighted by atomic mass is 16.6. The molecule has 0 aromatic heterocycles. The van der Waals surface area contributed by atoms with Crippen molar-refractivity contribution in [2.45, 2.75) is 433 Å². The molecule has 0 heterocycles. The van der Waals surface area contributed by atoms with E-state index in [0.29, 0.717) is 29.6 Å². The van der Waals surface area contributed by atoms with Crippen LogP contribution in [0, 0.1) is 103 Å². The molecule has 582 valence electrons. The van der Waals surface area contributed by atoms with Crippen LogP contribution in [0.5, 0.6) is 0 Å². The normalized spacial score (nSPS) is 35.8. The molecule has 17 atom stereocenters. The van der Waals surface area contributed by atoms with Crippen molar-refractivity contribution in [2.24, 2.45) is 103 Å². The molecule has 98 heavy (non-hydrogen) atoms. The number of hydrogen-bond donors (Lipinski definition) is 0. The standard InChI is InChI=1S/C17H28O2.2C17H30O2.C15H26O2.C14H24O2.8CH4/c1-5-16(2,3)15(18)19-17(4)10-11-9-14(17)13-8-6-7-12(11)13;1-8-14(2,3)13(18)19-17(7)15(4,5)12-9-10-16(17,6)11-12;1-5-16(2,3)15(18)19-17(4)12-8-10-13-9-6-7-11-14(13)17;1-5-14(3,4)13(16)17-15(6-2)10-11-7-8-12(15)9-11;1-5-13(2,3)12(15)16-14(4)9-10-6-7-11(14)8-10;;;;;;;;/h11-14H,5-10H2,1-4H3;12H,8-11H2,1-7H3;13-14H,5-12H2,1-4H3;11-12H,5-10H2,1-4H3;10-11H,5-9H2,1-4H3;8*1H4. The van der Waals surface area contributed by atoms with Gasteiger partial charge in [0.15, 0.2) is 0 Å². The monoisotopic (exact) mass is 1390 g/mol. The Morgan fingerprint density at radius 3 is 1.18 bits per heavy atom. The number of ether oxygens (including phenoxy) is 5. The van der Waals surface area contributed by atoms with Gasteiger partial charge in [0.2, 0.25) is 0 Å². The van der Waals surface area contributed by atoms with E-state index < -0.39 is 0 Å². The van der Waals surface area contributed by atoms with E-state index in [1.807, 2.05) is 76.2 Å². The van der Waals surface area contributed by atoms with Crippen LogP contribution < -0.4 is 0 Å². The smallest absolute Gasteiger partial charge is 0.312 e. The third kappa shape index (κ3) is 19.4. The minimum Gasteiger partial charge on any atom is -0.459 e. The molecular weight excluding hydrogens is 1220 g/mol. The first kappa shape index (κ1) is 97.4. The zero-order valence-electron chi connectivity index (χ0n) is 62.4. The molecule has 8 bridgehead atoms. The van der Waals surface area contributed by atoms with Gasteiger partial charge in [0.25, 0.3) is 0 Å². The van der Waals surface area contributed by atoms with E-state index in [1.54, 1.807) is 0 Å². The molecule has 0 spiro atoms. The third-order valence-electron chi connectivity index (χ3n) is 29.2. The average Bonchev–Trinajstić information content (AvgIpc) is 1.53. The van der Waals surface area contributed by atoms with Crippen molar-refractivity contribution in [1.82, 2.24) is 0 Å². The van der Waals surface area contributed by atoms with Crippen LogP contribution in [0.3, 0.4) is 0 Å². The lowest BCUT2D eigenvalue weighted by Gasteiger charge is -2.51. The third-order valence-corrected chi connectivity index (χ3v) is 29.2. The fraction of sp³-hybridized carbons (Fsp3) is 0.943. The predicted octanol–water partition coefficient (Wildman–Crippen LogP) is 26.0. The first-order valence-corrected chi connectivity index (χ1v) is 37.7. The number of fused-ring (bicyclic) bond motifs is 12. The number of carbonyl (C=O) groups is 5. The summed E-state index contributed by atoms with van der Waals surface area (Å²) in [5.74, 6) is 8.24. The van der Waals surface area contributed by atoms with Crippen molar-refractivity contribution < 1.29 is 47.7 Å². The van der Waals surface area contributed by atoms with Crippen LogP contribution >= 0.6 is 0 Å². The number of esters is 5. The maximum absolute atomic E-state index is 12.5. The molecule has 11 aliphatic carbocycles. The first-order chi connectivity index (χ1) is 41.6. The highest BCUT2D eigenvalue weighted by Crippen LogP contribution is 2.70. The van der Waals surface area contributed by atoms with Gasteiger partial charge in [0.05, 0.1) is 27.1 Å². The summed E-state index contributed by atoms with van der Waals surface area (Å²) >= 11 is 0. The largest absolute Gasteiger partial charge is 0.459 e. The maximum Gasteiger partial charge on any atom is 0.312 e. The van der Waals surface area contributed by atoms with Gasteiger partial charge >= 0.3 is 29.8 Å². The molecule has 10 nitrogen and oxygen atoms in total. The summed E-state index contributed by atoms with van der Waals surface area (Å²) in [7, 11) is 0. The second-order valence-electron chi connectivity index (χ2n) is 37.0. The molecule has 11 saturated carbocycles. The van der Waals surface area contributed by atoms with Gasteiger partial charge in [-0.3, -0.25) is 24.0 Å². The second-order valence-corrected chi connectivity index (χ2v) is 37.0. The van der Waals surface area contributed by atoms with E-state index >= 15 is 0 Å². The van der Waals surface area contributed by atoms with E-state index in [1.165, 1.54) is 122 Å². The van der Waals surface area contributed by atoms with Gasteiger partial charge in [-0.05, 0) is 311 Å². The Balaban J connectivity index is 0. The highest BCUT2D eigenvalue weighted by molar-refractivity contribution is 5.78. The van der Waals surface area contributed by atoms with Crippen LogP contribution in [0.15, 0.2) is 0 Å². The zero-order chi connectivity index (χ0) is 67.3. The molecule has 0 N–H and O–H groups in total. The lowest BCUT2D eigenvalue weighted by Crippen LogP contribution is -2.55. The van der Waals surface area contributed by atoms with E-state index in [-0.39, 0.29) is 155 Å². The topological polar surface area (TPSA) is 132 Å². The maximum atomic E-state index is 12.5. The van der Waals surface area contributed by atoms with Gasteiger partial charge in [-0.2, -0.15) is 0 Å². The Bertz CT molecular complexity index is 2500. The summed E-state index contributed by atoms with van der Waals surface area (Å²) < 4.78 is 30.1. The van der Waals surface area contributed by atoms with Crippen LogP contribution in [-0.2, 0) is 47.7 Å². The van der Waals surface area contributed by atoms with Gasteiger partial charge in [-0.1, -0.05) is 147 Å². The molecule has 11 aliphatic rings. The Morgan fingerprint density at radius 1 is 0.347 bits per heavy atom. The Hall–Kier alpha value is -2.65. The van der Waals surface area contributed by atoms with Crippen LogP contribution in [0.2, 0.25) is 0 Å². The van der Waals surface area contributed by atoms with Crippen molar-refractivity contribution in [3.63, 3.8) is 0 Å². The van der Waals surface area contributed by atoms with Gasteiger partial charge in [0, 0.05) is 22.7 Å². The summed E-state index contributed by atoms with van der Waals surface area (Å²) in [6, 6.07) is 0. The van der Waals surface area contributed by atoms with Crippen molar-refractivity contribution >= 4 is 29.8 Å². The highest BCUT2D eigenvalue weighted by Gasteiger charge is 2.69.